The number of fused-ring (bicyclic) bond motifs is 1. The zero-order valence-corrected chi connectivity index (χ0v) is 16.7. The lowest BCUT2D eigenvalue weighted by Crippen LogP contribution is -2.24. The number of non-ortho nitro benzene ring substituents is 1. The molecule has 152 valence electrons. The molecular weight excluding hydrogens is 386 g/mol. The van der Waals surface area contributed by atoms with Gasteiger partial charge in [-0.2, -0.15) is 10.2 Å². The van der Waals surface area contributed by atoms with Gasteiger partial charge in [0.25, 0.3) is 11.2 Å². The van der Waals surface area contributed by atoms with Crippen molar-refractivity contribution in [1.29, 1.82) is 0 Å². The number of nitro groups is 1. The van der Waals surface area contributed by atoms with Gasteiger partial charge in [-0.3, -0.25) is 14.9 Å². The van der Waals surface area contributed by atoms with E-state index >= 15 is 0 Å². The summed E-state index contributed by atoms with van der Waals surface area (Å²) < 4.78 is 8.19. The van der Waals surface area contributed by atoms with Crippen molar-refractivity contribution < 1.29 is 9.66 Å². The Morgan fingerprint density at radius 3 is 2.50 bits per heavy atom. The lowest BCUT2D eigenvalue weighted by Gasteiger charge is -2.07. The summed E-state index contributed by atoms with van der Waals surface area (Å²) in [6.45, 7) is 3.82. The summed E-state index contributed by atoms with van der Waals surface area (Å²) >= 11 is 0. The van der Waals surface area contributed by atoms with Gasteiger partial charge in [0.05, 0.1) is 41.0 Å². The normalized spacial score (nSPS) is 11.0. The minimum atomic E-state index is -0.464. The first-order valence-electron chi connectivity index (χ1n) is 9.24. The number of benzene rings is 2. The molecule has 0 aliphatic rings. The van der Waals surface area contributed by atoms with Crippen LogP contribution in [0.2, 0.25) is 0 Å². The fourth-order valence-electron chi connectivity index (χ4n) is 3.51. The second kappa shape index (κ2) is 7.43. The van der Waals surface area contributed by atoms with E-state index in [0.717, 1.165) is 17.1 Å². The molecule has 0 radical (unpaired) electrons. The predicted molar refractivity (Wildman–Crippen MR) is 111 cm³/mol. The van der Waals surface area contributed by atoms with Gasteiger partial charge in [0.15, 0.2) is 5.52 Å². The van der Waals surface area contributed by atoms with E-state index in [1.807, 2.05) is 38.1 Å². The van der Waals surface area contributed by atoms with E-state index in [1.54, 1.807) is 23.9 Å². The minimum absolute atomic E-state index is 0.0297. The number of nitro benzene ring substituents is 1. The van der Waals surface area contributed by atoms with Gasteiger partial charge < -0.3 is 4.74 Å². The van der Waals surface area contributed by atoms with Crippen LogP contribution in [0.1, 0.15) is 17.0 Å². The van der Waals surface area contributed by atoms with Crippen molar-refractivity contribution in [3.05, 3.63) is 86.0 Å². The van der Waals surface area contributed by atoms with Gasteiger partial charge in [0, 0.05) is 12.1 Å². The van der Waals surface area contributed by atoms with Crippen molar-refractivity contribution in [2.45, 2.75) is 20.4 Å². The molecule has 4 rings (SSSR count). The fraction of sp³-hybridized carbons (Fsp3) is 0.190. The van der Waals surface area contributed by atoms with Gasteiger partial charge in [-0.05, 0) is 43.7 Å². The monoisotopic (exact) mass is 405 g/mol. The van der Waals surface area contributed by atoms with Crippen molar-refractivity contribution in [3.63, 3.8) is 0 Å². The number of aryl methyl sites for hydroxylation is 2. The summed E-state index contributed by atoms with van der Waals surface area (Å²) in [4.78, 5) is 23.6. The summed E-state index contributed by atoms with van der Waals surface area (Å²) in [5.41, 5.74) is 2.81. The van der Waals surface area contributed by atoms with E-state index in [9.17, 15) is 14.9 Å². The molecule has 0 saturated carbocycles. The summed E-state index contributed by atoms with van der Waals surface area (Å²) in [7, 11) is 1.60. The second-order valence-electron chi connectivity index (χ2n) is 6.89. The Morgan fingerprint density at radius 2 is 1.83 bits per heavy atom. The lowest BCUT2D eigenvalue weighted by atomic mass is 10.2. The van der Waals surface area contributed by atoms with Gasteiger partial charge >= 0.3 is 0 Å². The molecule has 0 aliphatic heterocycles. The summed E-state index contributed by atoms with van der Waals surface area (Å²) in [6.07, 6.45) is 0. The molecule has 0 fully saturated rings. The molecule has 0 amide bonds. The van der Waals surface area contributed by atoms with Crippen molar-refractivity contribution in [2.75, 3.05) is 7.11 Å². The average Bonchev–Trinajstić information content (AvgIpc) is 3.10. The Bertz CT molecular complexity index is 1320. The quantitative estimate of drug-likeness (QED) is 0.373. The molecule has 2 heterocycles. The van der Waals surface area contributed by atoms with Gasteiger partial charge in [-0.1, -0.05) is 12.1 Å². The molecule has 0 saturated heterocycles. The van der Waals surface area contributed by atoms with E-state index in [1.165, 1.54) is 16.8 Å². The van der Waals surface area contributed by atoms with E-state index in [2.05, 4.69) is 10.2 Å². The maximum atomic E-state index is 13.1. The average molecular weight is 405 g/mol. The SMILES string of the molecule is COc1ccc(-n2nc3c(=O)n(Cc4cccc([N+](=O)[O-])c4)nc(C)c3c2C)cc1. The van der Waals surface area contributed by atoms with Crippen molar-refractivity contribution in [2.24, 2.45) is 0 Å². The highest BCUT2D eigenvalue weighted by atomic mass is 16.6. The van der Waals surface area contributed by atoms with Crippen LogP contribution in [-0.2, 0) is 6.54 Å². The number of rotatable bonds is 5. The van der Waals surface area contributed by atoms with Gasteiger partial charge in [0.2, 0.25) is 0 Å². The lowest BCUT2D eigenvalue weighted by molar-refractivity contribution is -0.384. The van der Waals surface area contributed by atoms with Crippen LogP contribution in [0.15, 0.2) is 53.3 Å². The van der Waals surface area contributed by atoms with Crippen LogP contribution in [0.5, 0.6) is 5.75 Å². The predicted octanol–water partition coefficient (Wildman–Crippen LogP) is 3.16. The first kappa shape index (κ1) is 19.3. The van der Waals surface area contributed by atoms with Crippen LogP contribution in [0.4, 0.5) is 5.69 Å². The van der Waals surface area contributed by atoms with Gasteiger partial charge in [0.1, 0.15) is 5.75 Å². The Balaban J connectivity index is 1.80. The summed E-state index contributed by atoms with van der Waals surface area (Å²) in [6, 6.07) is 13.5. The number of hydrogen-bond acceptors (Lipinski definition) is 6. The molecule has 30 heavy (non-hydrogen) atoms. The highest BCUT2D eigenvalue weighted by molar-refractivity contribution is 5.83. The molecule has 2 aromatic heterocycles. The first-order chi connectivity index (χ1) is 14.4. The molecule has 9 nitrogen and oxygen atoms in total. The molecule has 0 unspecified atom stereocenters. The maximum Gasteiger partial charge on any atom is 0.295 e. The number of hydrogen-bond donors (Lipinski definition) is 0. The zero-order valence-electron chi connectivity index (χ0n) is 16.7. The largest absolute Gasteiger partial charge is 0.497 e. The van der Waals surface area contributed by atoms with Gasteiger partial charge in [-0.25, -0.2) is 9.36 Å². The van der Waals surface area contributed by atoms with Crippen molar-refractivity contribution >= 4 is 16.6 Å². The number of nitrogens with zero attached hydrogens (tertiary/aromatic N) is 5. The third-order valence-electron chi connectivity index (χ3n) is 4.96. The number of methoxy groups -OCH3 is 1. The van der Waals surface area contributed by atoms with E-state index in [4.69, 9.17) is 4.74 Å². The third-order valence-corrected chi connectivity index (χ3v) is 4.96. The van der Waals surface area contributed by atoms with E-state index in [0.29, 0.717) is 22.2 Å². The highest BCUT2D eigenvalue weighted by Gasteiger charge is 2.18. The smallest absolute Gasteiger partial charge is 0.295 e. The number of aromatic nitrogens is 4. The Kier molecular flexibility index (Phi) is 4.78. The van der Waals surface area contributed by atoms with Crippen LogP contribution in [0.25, 0.3) is 16.6 Å². The van der Waals surface area contributed by atoms with Gasteiger partial charge in [-0.15, -0.1) is 0 Å². The summed E-state index contributed by atoms with van der Waals surface area (Å²) in [5.74, 6) is 0.727. The molecule has 0 N–H and O–H groups in total. The molecular formula is C21H19N5O4. The number of ether oxygens (including phenoxy) is 1. The first-order valence-corrected chi connectivity index (χ1v) is 9.24. The Hall–Kier alpha value is -4.01. The molecule has 2 aromatic carbocycles. The summed E-state index contributed by atoms with van der Waals surface area (Å²) in [5, 5.41) is 20.7. The molecule has 9 heteroatoms. The molecule has 0 atom stereocenters. The van der Waals surface area contributed by atoms with Crippen molar-refractivity contribution in [1.82, 2.24) is 19.6 Å². The Morgan fingerprint density at radius 1 is 1.10 bits per heavy atom. The topological polar surface area (TPSA) is 105 Å². The minimum Gasteiger partial charge on any atom is -0.497 e. The molecule has 4 aromatic rings. The van der Waals surface area contributed by atoms with Crippen LogP contribution in [0, 0.1) is 24.0 Å². The van der Waals surface area contributed by atoms with Crippen LogP contribution in [0.3, 0.4) is 0 Å². The molecule has 0 spiro atoms. The second-order valence-corrected chi connectivity index (χ2v) is 6.89. The fourth-order valence-corrected chi connectivity index (χ4v) is 3.51. The highest BCUT2D eigenvalue weighted by Crippen LogP contribution is 2.23. The van der Waals surface area contributed by atoms with Crippen molar-refractivity contribution in [3.8, 4) is 11.4 Å². The molecule has 0 aliphatic carbocycles. The van der Waals surface area contributed by atoms with Crippen LogP contribution in [-0.4, -0.2) is 31.6 Å². The zero-order chi connectivity index (χ0) is 21.4. The van der Waals surface area contributed by atoms with E-state index < -0.39 is 4.92 Å². The maximum absolute atomic E-state index is 13.1. The molecule has 0 bridgehead atoms. The van der Waals surface area contributed by atoms with E-state index in [-0.39, 0.29) is 17.8 Å². The Labute approximate surface area is 171 Å². The van der Waals surface area contributed by atoms with Crippen LogP contribution >= 0.6 is 0 Å². The van der Waals surface area contributed by atoms with Crippen LogP contribution < -0.4 is 10.3 Å². The third kappa shape index (κ3) is 3.30. The standard InChI is InChI=1S/C21H19N5O4/c1-13-19-14(2)25(16-7-9-18(30-3)10-8-16)23-20(19)21(27)24(22-13)12-15-5-4-6-17(11-15)26(28)29/h4-11H,12H2,1-3H3.